The highest BCUT2D eigenvalue weighted by atomic mass is 35.5. The molecule has 1 aromatic carbocycles. The monoisotopic (exact) mass is 363 g/mol. The second kappa shape index (κ2) is 6.84. The summed E-state index contributed by atoms with van der Waals surface area (Å²) in [6, 6.07) is 4.94. The Labute approximate surface area is 142 Å². The van der Waals surface area contributed by atoms with Crippen molar-refractivity contribution in [2.45, 2.75) is 32.5 Å². The van der Waals surface area contributed by atoms with Gasteiger partial charge in [-0.25, -0.2) is 0 Å². The molecule has 2 rings (SSSR count). The lowest BCUT2D eigenvalue weighted by atomic mass is 9.85. The smallest absolute Gasteiger partial charge is 0.384 e. The molecule has 8 heteroatoms. The van der Waals surface area contributed by atoms with Crippen LogP contribution in [0, 0.1) is 0 Å². The Morgan fingerprint density at radius 1 is 1.39 bits per heavy atom. The summed E-state index contributed by atoms with van der Waals surface area (Å²) in [6.07, 6.45) is -0.409. The summed E-state index contributed by atoms with van der Waals surface area (Å²) in [4.78, 5) is 0. The van der Waals surface area contributed by atoms with Gasteiger partial charge in [-0.05, 0) is 39.0 Å². The van der Waals surface area contributed by atoms with E-state index in [9.17, 15) is 8.42 Å². The zero-order valence-electron chi connectivity index (χ0n) is 13.7. The number of benzene rings is 1. The third kappa shape index (κ3) is 3.74. The van der Waals surface area contributed by atoms with Gasteiger partial charge in [-0.3, -0.25) is 0 Å². The zero-order chi connectivity index (χ0) is 17.3. The van der Waals surface area contributed by atoms with Crippen LogP contribution in [-0.2, 0) is 20.5 Å². The molecule has 23 heavy (non-hydrogen) atoms. The molecule has 1 aliphatic heterocycles. The van der Waals surface area contributed by atoms with Crippen LogP contribution in [0.25, 0.3) is 0 Å². The minimum absolute atomic E-state index is 0.176. The van der Waals surface area contributed by atoms with Gasteiger partial charge in [-0.2, -0.15) is 12.7 Å². The van der Waals surface area contributed by atoms with Gasteiger partial charge < -0.3 is 13.7 Å². The van der Waals surface area contributed by atoms with Gasteiger partial charge in [0.25, 0.3) is 0 Å². The van der Waals surface area contributed by atoms with E-state index in [1.54, 1.807) is 18.2 Å². The molecule has 1 aromatic rings. The van der Waals surface area contributed by atoms with E-state index in [4.69, 9.17) is 25.3 Å². The van der Waals surface area contributed by atoms with Gasteiger partial charge >= 0.3 is 10.3 Å². The topological polar surface area (TPSA) is 65.1 Å². The van der Waals surface area contributed by atoms with E-state index in [1.807, 2.05) is 20.8 Å². The molecule has 1 atom stereocenters. The lowest BCUT2D eigenvalue weighted by Gasteiger charge is -2.25. The Morgan fingerprint density at radius 3 is 2.70 bits per heavy atom. The maximum absolute atomic E-state index is 12.1. The predicted octanol–water partition coefficient (Wildman–Crippen LogP) is 2.51. The summed E-state index contributed by atoms with van der Waals surface area (Å²) in [5.74, 6) is 1.10. The molecule has 0 aliphatic carbocycles. The van der Waals surface area contributed by atoms with Gasteiger partial charge in [0, 0.05) is 31.6 Å². The van der Waals surface area contributed by atoms with Crippen molar-refractivity contribution in [1.29, 1.82) is 0 Å². The van der Waals surface area contributed by atoms with E-state index in [0.717, 1.165) is 9.87 Å². The van der Waals surface area contributed by atoms with Gasteiger partial charge in [-0.1, -0.05) is 0 Å². The highest BCUT2D eigenvalue weighted by molar-refractivity contribution is 7.84. The van der Waals surface area contributed by atoms with E-state index in [-0.39, 0.29) is 18.2 Å². The van der Waals surface area contributed by atoms with Crippen molar-refractivity contribution in [3.05, 3.63) is 23.8 Å². The molecule has 0 saturated carbocycles. The number of ether oxygens (including phenoxy) is 2. The van der Waals surface area contributed by atoms with Crippen LogP contribution in [-0.4, -0.2) is 45.1 Å². The van der Waals surface area contributed by atoms with Gasteiger partial charge in [0.15, 0.2) is 0 Å². The van der Waals surface area contributed by atoms with Crippen molar-refractivity contribution in [3.8, 4) is 11.5 Å². The third-order valence-corrected chi connectivity index (χ3v) is 5.29. The van der Waals surface area contributed by atoms with Crippen LogP contribution >= 0.6 is 11.6 Å². The molecule has 0 N–H and O–H groups in total. The minimum Gasteiger partial charge on any atom is -0.464 e. The summed E-state index contributed by atoms with van der Waals surface area (Å²) >= 11 is 5.57. The van der Waals surface area contributed by atoms with E-state index < -0.39 is 22.0 Å². The van der Waals surface area contributed by atoms with Gasteiger partial charge in [0.2, 0.25) is 6.29 Å². The number of nitrogens with zero attached hydrogens (tertiary/aromatic N) is 1. The van der Waals surface area contributed by atoms with E-state index in [1.165, 1.54) is 7.05 Å². The number of fused-ring (bicyclic) bond motifs is 1. The minimum atomic E-state index is -3.88. The summed E-state index contributed by atoms with van der Waals surface area (Å²) in [5.41, 5.74) is 0.444. The molecule has 1 heterocycles. The fourth-order valence-electron chi connectivity index (χ4n) is 2.37. The van der Waals surface area contributed by atoms with Gasteiger partial charge in [-0.15, -0.1) is 11.6 Å². The Kier molecular flexibility index (Phi) is 5.45. The molecule has 1 aliphatic rings. The van der Waals surface area contributed by atoms with Crippen LogP contribution in [0.3, 0.4) is 0 Å². The number of rotatable bonds is 7. The van der Waals surface area contributed by atoms with Gasteiger partial charge in [0.05, 0.1) is 5.41 Å². The highest BCUT2D eigenvalue weighted by Gasteiger charge is 2.42. The largest absolute Gasteiger partial charge is 0.464 e. The average Bonchev–Trinajstić information content (AvgIpc) is 2.71. The van der Waals surface area contributed by atoms with Crippen molar-refractivity contribution >= 4 is 21.9 Å². The molecule has 0 aromatic heterocycles. The van der Waals surface area contributed by atoms with Crippen LogP contribution < -0.4 is 8.92 Å². The second-order valence-electron chi connectivity index (χ2n) is 5.84. The molecule has 0 radical (unpaired) electrons. The van der Waals surface area contributed by atoms with Crippen molar-refractivity contribution in [3.63, 3.8) is 0 Å². The summed E-state index contributed by atoms with van der Waals surface area (Å²) in [7, 11) is -2.46. The van der Waals surface area contributed by atoms with Crippen LogP contribution in [0.5, 0.6) is 11.5 Å². The van der Waals surface area contributed by atoms with Crippen LogP contribution in [0.4, 0.5) is 0 Å². The first kappa shape index (κ1) is 18.3. The summed E-state index contributed by atoms with van der Waals surface area (Å²) in [6.45, 7) is 6.57. The molecular formula is C15H22ClNO5S. The van der Waals surface area contributed by atoms with E-state index in [2.05, 4.69) is 0 Å². The third-order valence-electron chi connectivity index (χ3n) is 3.77. The zero-order valence-corrected chi connectivity index (χ0v) is 15.3. The first-order valence-electron chi connectivity index (χ1n) is 7.37. The highest BCUT2D eigenvalue weighted by Crippen LogP contribution is 2.44. The fraction of sp³-hybridized carbons (Fsp3) is 0.600. The lowest BCUT2D eigenvalue weighted by molar-refractivity contribution is -0.0981. The molecule has 1 unspecified atom stereocenters. The lowest BCUT2D eigenvalue weighted by Crippen LogP contribution is -2.34. The maximum atomic E-state index is 12.1. The van der Waals surface area contributed by atoms with Crippen molar-refractivity contribution in [1.82, 2.24) is 4.31 Å². The Bertz CT molecular complexity index is 662. The molecule has 130 valence electrons. The Hall–Kier alpha value is -1.02. The first-order chi connectivity index (χ1) is 10.7. The predicted molar refractivity (Wildman–Crippen MR) is 88.4 cm³/mol. The molecule has 0 bridgehead atoms. The summed E-state index contributed by atoms with van der Waals surface area (Å²) < 4.78 is 41.8. The first-order valence-corrected chi connectivity index (χ1v) is 9.27. The SMILES string of the molecule is CCOC1Oc2ccc(OS(=O)(=O)N(C)CCCl)cc2C1(C)C. The average molecular weight is 364 g/mol. The van der Waals surface area contributed by atoms with Crippen molar-refractivity contribution < 1.29 is 22.1 Å². The number of hydrogen-bond donors (Lipinski definition) is 0. The molecule has 0 saturated heterocycles. The standard InChI is InChI=1S/C15H22ClNO5S/c1-5-20-14-15(2,3)12-10-11(6-7-13(12)21-14)22-23(18,19)17(4)9-8-16/h6-7,10,14H,5,8-9H2,1-4H3. The Balaban J connectivity index is 2.25. The van der Waals surface area contributed by atoms with E-state index >= 15 is 0 Å². The Morgan fingerprint density at radius 2 is 2.09 bits per heavy atom. The molecular weight excluding hydrogens is 342 g/mol. The maximum Gasteiger partial charge on any atom is 0.384 e. The van der Waals surface area contributed by atoms with E-state index in [0.29, 0.717) is 12.4 Å². The number of alkyl halides is 1. The molecule has 6 nitrogen and oxygen atoms in total. The quantitative estimate of drug-likeness (QED) is 0.696. The molecule has 0 fully saturated rings. The molecule has 0 spiro atoms. The van der Waals surface area contributed by atoms with Crippen LogP contribution in [0.15, 0.2) is 18.2 Å². The van der Waals surface area contributed by atoms with Crippen molar-refractivity contribution in [2.24, 2.45) is 0 Å². The number of hydrogen-bond acceptors (Lipinski definition) is 5. The fourth-order valence-corrected chi connectivity index (χ4v) is 3.51. The normalized spacial score (nSPS) is 19.5. The molecule has 0 amide bonds. The van der Waals surface area contributed by atoms with Gasteiger partial charge in [0.1, 0.15) is 11.5 Å². The second-order valence-corrected chi connectivity index (χ2v) is 7.86. The number of halogens is 1. The van der Waals surface area contributed by atoms with Crippen LogP contribution in [0.2, 0.25) is 0 Å². The summed E-state index contributed by atoms with van der Waals surface area (Å²) in [5, 5.41) is 0. The van der Waals surface area contributed by atoms with Crippen LogP contribution in [0.1, 0.15) is 26.3 Å². The van der Waals surface area contributed by atoms with Crippen molar-refractivity contribution in [2.75, 3.05) is 26.1 Å².